The molecule has 0 aromatic rings. The molecule has 1 amide bonds. The van der Waals surface area contributed by atoms with Crippen molar-refractivity contribution in [2.75, 3.05) is 13.1 Å². The zero-order valence-corrected chi connectivity index (χ0v) is 9.21. The van der Waals surface area contributed by atoms with Crippen LogP contribution in [0.15, 0.2) is 0 Å². The molecule has 0 aliphatic rings. The van der Waals surface area contributed by atoms with E-state index in [0.29, 0.717) is 25.9 Å². The maximum Gasteiger partial charge on any atom is 0.421 e. The highest BCUT2D eigenvalue weighted by molar-refractivity contribution is 7.84. The second kappa shape index (κ2) is 5.82. The van der Waals surface area contributed by atoms with E-state index in [0.717, 1.165) is 4.31 Å². The number of hydrogen-bond acceptors (Lipinski definition) is 4. The first kappa shape index (κ1) is 13.2. The lowest BCUT2D eigenvalue weighted by molar-refractivity contribution is 0.206. The van der Waals surface area contributed by atoms with Crippen LogP contribution in [0.2, 0.25) is 0 Å². The predicted octanol–water partition coefficient (Wildman–Crippen LogP) is 0.449. The van der Waals surface area contributed by atoms with Gasteiger partial charge < -0.3 is 9.92 Å². The highest BCUT2D eigenvalue weighted by atomic mass is 32.2. The number of hydrogen-bond donors (Lipinski definition) is 1. The van der Waals surface area contributed by atoms with E-state index in [4.69, 9.17) is 0 Å². The summed E-state index contributed by atoms with van der Waals surface area (Å²) in [6.07, 6.45) is 0.00473. The van der Waals surface area contributed by atoms with Crippen LogP contribution in [0.25, 0.3) is 0 Å². The predicted molar refractivity (Wildman–Crippen MR) is 51.7 cm³/mol. The molecule has 0 saturated carbocycles. The SMILES string of the molecule is CCCN(CCC)S(=O)(=O)OC(N)=O. The highest BCUT2D eigenvalue weighted by Gasteiger charge is 2.23. The molecule has 0 spiro atoms. The van der Waals surface area contributed by atoms with Crippen LogP contribution in [-0.2, 0) is 14.5 Å². The summed E-state index contributed by atoms with van der Waals surface area (Å²) in [5.74, 6) is 0. The van der Waals surface area contributed by atoms with Crippen LogP contribution in [-0.4, -0.2) is 31.9 Å². The quantitative estimate of drug-likeness (QED) is 0.709. The molecule has 0 aliphatic carbocycles. The molecule has 0 atom stereocenters. The molecule has 7 heteroatoms. The Balaban J connectivity index is 4.53. The Kier molecular flexibility index (Phi) is 5.47. The third-order valence-corrected chi connectivity index (χ3v) is 2.82. The van der Waals surface area contributed by atoms with Gasteiger partial charge in [-0.2, -0.15) is 12.7 Å². The van der Waals surface area contributed by atoms with Gasteiger partial charge in [0.15, 0.2) is 0 Å². The summed E-state index contributed by atoms with van der Waals surface area (Å²) in [5, 5.41) is 0. The number of nitrogens with two attached hydrogens (primary N) is 1. The largest absolute Gasteiger partial charge is 0.421 e. The van der Waals surface area contributed by atoms with E-state index in [1.807, 2.05) is 13.8 Å². The van der Waals surface area contributed by atoms with E-state index in [1.165, 1.54) is 0 Å². The Morgan fingerprint density at radius 1 is 1.29 bits per heavy atom. The molecule has 0 rings (SSSR count). The lowest BCUT2D eigenvalue weighted by atomic mass is 10.4. The van der Waals surface area contributed by atoms with Gasteiger partial charge in [-0.15, -0.1) is 0 Å². The molecule has 0 saturated heterocycles. The van der Waals surface area contributed by atoms with Crippen molar-refractivity contribution >= 4 is 16.4 Å². The first-order valence-corrected chi connectivity index (χ1v) is 5.79. The standard InChI is InChI=1S/C7H16N2O4S/c1-3-5-9(6-4-2)14(11,12)13-7(8)10/h3-6H2,1-2H3,(H2,8,10). The second-order valence-electron chi connectivity index (χ2n) is 2.76. The van der Waals surface area contributed by atoms with Gasteiger partial charge >= 0.3 is 16.4 Å². The fourth-order valence-electron chi connectivity index (χ4n) is 0.991. The van der Waals surface area contributed by atoms with Gasteiger partial charge in [0, 0.05) is 13.1 Å². The van der Waals surface area contributed by atoms with Gasteiger partial charge in [-0.05, 0) is 12.8 Å². The fraction of sp³-hybridized carbons (Fsp3) is 0.857. The van der Waals surface area contributed by atoms with Crippen LogP contribution in [0.5, 0.6) is 0 Å². The van der Waals surface area contributed by atoms with Crippen molar-refractivity contribution in [2.45, 2.75) is 26.7 Å². The molecule has 0 bridgehead atoms. The van der Waals surface area contributed by atoms with E-state index < -0.39 is 16.4 Å². The summed E-state index contributed by atoms with van der Waals surface area (Å²) < 4.78 is 27.8. The van der Waals surface area contributed by atoms with E-state index in [1.54, 1.807) is 0 Å². The Bertz CT molecular complexity index is 269. The van der Waals surface area contributed by atoms with E-state index in [-0.39, 0.29) is 0 Å². The van der Waals surface area contributed by atoms with Gasteiger partial charge in [0.1, 0.15) is 0 Å². The summed E-state index contributed by atoms with van der Waals surface area (Å²) in [4.78, 5) is 10.3. The average molecular weight is 224 g/mol. The Morgan fingerprint density at radius 3 is 2.00 bits per heavy atom. The summed E-state index contributed by atoms with van der Waals surface area (Å²) in [6, 6.07) is 0. The fourth-order valence-corrected chi connectivity index (χ4v) is 2.12. The van der Waals surface area contributed by atoms with Crippen LogP contribution in [0.1, 0.15) is 26.7 Å². The van der Waals surface area contributed by atoms with Crippen LogP contribution in [0.3, 0.4) is 0 Å². The molecule has 14 heavy (non-hydrogen) atoms. The van der Waals surface area contributed by atoms with Gasteiger partial charge in [0.2, 0.25) is 0 Å². The Labute approximate surface area is 84.3 Å². The lowest BCUT2D eigenvalue weighted by Crippen LogP contribution is -2.36. The molecule has 2 N–H and O–H groups in total. The van der Waals surface area contributed by atoms with Crippen LogP contribution < -0.4 is 5.73 Å². The topological polar surface area (TPSA) is 89.7 Å². The van der Waals surface area contributed by atoms with Crippen molar-refractivity contribution in [3.05, 3.63) is 0 Å². The molecular formula is C7H16N2O4S. The van der Waals surface area contributed by atoms with Crippen molar-refractivity contribution in [1.29, 1.82) is 0 Å². The van der Waals surface area contributed by atoms with E-state index in [2.05, 4.69) is 9.92 Å². The molecule has 84 valence electrons. The summed E-state index contributed by atoms with van der Waals surface area (Å²) >= 11 is 0. The number of rotatable bonds is 6. The maximum absolute atomic E-state index is 11.3. The molecule has 6 nitrogen and oxygen atoms in total. The highest BCUT2D eigenvalue weighted by Crippen LogP contribution is 2.05. The van der Waals surface area contributed by atoms with Crippen LogP contribution in [0.4, 0.5) is 4.79 Å². The van der Waals surface area contributed by atoms with Gasteiger partial charge in [0.05, 0.1) is 0 Å². The molecule has 0 unspecified atom stereocenters. The minimum absolute atomic E-state index is 0.323. The molecule has 0 fully saturated rings. The van der Waals surface area contributed by atoms with Crippen molar-refractivity contribution < 1.29 is 17.4 Å². The van der Waals surface area contributed by atoms with Gasteiger partial charge in [-0.3, -0.25) is 0 Å². The third-order valence-electron chi connectivity index (χ3n) is 1.45. The number of amides is 1. The number of primary amides is 1. The van der Waals surface area contributed by atoms with Gasteiger partial charge in [-0.25, -0.2) is 4.79 Å². The van der Waals surface area contributed by atoms with Gasteiger partial charge in [0.25, 0.3) is 0 Å². The smallest absolute Gasteiger partial charge is 0.334 e. The van der Waals surface area contributed by atoms with Crippen LogP contribution >= 0.6 is 0 Å². The normalized spacial score (nSPS) is 11.6. The minimum atomic E-state index is -3.99. The zero-order chi connectivity index (χ0) is 11.2. The summed E-state index contributed by atoms with van der Waals surface area (Å²) in [7, 11) is -3.99. The summed E-state index contributed by atoms with van der Waals surface area (Å²) in [6.45, 7) is 4.32. The third kappa shape index (κ3) is 4.43. The number of carbonyl (C=O) groups excluding carboxylic acids is 1. The monoisotopic (exact) mass is 224 g/mol. The molecule has 0 aromatic heterocycles. The molecule has 0 aliphatic heterocycles. The van der Waals surface area contributed by atoms with Crippen molar-refractivity contribution in [3.8, 4) is 0 Å². The molecule has 0 radical (unpaired) electrons. The van der Waals surface area contributed by atoms with Crippen molar-refractivity contribution in [3.63, 3.8) is 0 Å². The number of carbonyl (C=O) groups is 1. The lowest BCUT2D eigenvalue weighted by Gasteiger charge is -2.18. The first-order chi connectivity index (χ1) is 6.44. The molecule has 0 heterocycles. The molecule has 0 aromatic carbocycles. The average Bonchev–Trinajstić information content (AvgIpc) is 2.01. The second-order valence-corrected chi connectivity index (χ2v) is 4.30. The number of nitrogens with zero attached hydrogens (tertiary/aromatic N) is 1. The van der Waals surface area contributed by atoms with Crippen molar-refractivity contribution in [1.82, 2.24) is 4.31 Å². The maximum atomic E-state index is 11.3. The molecular weight excluding hydrogens is 208 g/mol. The van der Waals surface area contributed by atoms with E-state index in [9.17, 15) is 13.2 Å². The van der Waals surface area contributed by atoms with Crippen LogP contribution in [0, 0.1) is 0 Å². The van der Waals surface area contributed by atoms with Gasteiger partial charge in [-0.1, -0.05) is 13.8 Å². The Hall–Kier alpha value is -0.820. The minimum Gasteiger partial charge on any atom is -0.334 e. The zero-order valence-electron chi connectivity index (χ0n) is 8.39. The summed E-state index contributed by atoms with van der Waals surface area (Å²) in [5.41, 5.74) is 4.64. The van der Waals surface area contributed by atoms with Crippen molar-refractivity contribution in [2.24, 2.45) is 5.73 Å². The first-order valence-electron chi connectivity index (χ1n) is 4.43. The Morgan fingerprint density at radius 2 is 1.71 bits per heavy atom. The van der Waals surface area contributed by atoms with E-state index >= 15 is 0 Å².